The van der Waals surface area contributed by atoms with Gasteiger partial charge in [-0.2, -0.15) is 23.3 Å². The lowest BCUT2D eigenvalue weighted by molar-refractivity contribution is -0.312. The summed E-state index contributed by atoms with van der Waals surface area (Å²) >= 11 is 0. The maximum absolute atomic E-state index is 13.7. The Morgan fingerprint density at radius 3 is 2.50 bits per heavy atom. The lowest BCUT2D eigenvalue weighted by Gasteiger charge is -2.39. The molecule has 5 nitrogen and oxygen atoms in total. The second-order valence-electron chi connectivity index (χ2n) is 6.30. The molecular formula is C16H17F3N2O3. The summed E-state index contributed by atoms with van der Waals surface area (Å²) in [4.78, 5) is 12.5. The SMILES string of the molecule is C[C@@H]1CCC[C@@H]2C1=NN(C(=O)c1ccc(O)cc1)[C@]2(O)C(F)(F)F. The van der Waals surface area contributed by atoms with Gasteiger partial charge in [0.25, 0.3) is 11.6 Å². The predicted octanol–water partition coefficient (Wildman–Crippen LogP) is 2.89. The number of benzene rings is 1. The fourth-order valence-corrected chi connectivity index (χ4v) is 3.43. The minimum Gasteiger partial charge on any atom is -0.508 e. The molecule has 0 radical (unpaired) electrons. The first-order valence-corrected chi connectivity index (χ1v) is 7.67. The van der Waals surface area contributed by atoms with Crippen molar-refractivity contribution in [1.29, 1.82) is 0 Å². The second kappa shape index (κ2) is 5.47. The van der Waals surface area contributed by atoms with Gasteiger partial charge < -0.3 is 10.2 Å². The van der Waals surface area contributed by atoms with Gasteiger partial charge in [-0.15, -0.1) is 0 Å². The van der Waals surface area contributed by atoms with Crippen LogP contribution in [0.3, 0.4) is 0 Å². The molecule has 1 aliphatic heterocycles. The molecule has 1 heterocycles. The van der Waals surface area contributed by atoms with Gasteiger partial charge in [-0.25, -0.2) is 0 Å². The minimum absolute atomic E-state index is 0.0916. The van der Waals surface area contributed by atoms with Gasteiger partial charge in [-0.05, 0) is 43.0 Å². The van der Waals surface area contributed by atoms with Crippen molar-refractivity contribution in [2.75, 3.05) is 0 Å². The summed E-state index contributed by atoms with van der Waals surface area (Å²) in [6, 6.07) is 4.78. The number of phenolic OH excluding ortho intramolecular Hbond substituents is 1. The molecule has 1 aromatic rings. The van der Waals surface area contributed by atoms with E-state index >= 15 is 0 Å². The maximum atomic E-state index is 13.7. The number of amides is 1. The fourth-order valence-electron chi connectivity index (χ4n) is 3.43. The first-order chi connectivity index (χ1) is 11.2. The van der Waals surface area contributed by atoms with E-state index in [9.17, 15) is 28.2 Å². The molecule has 1 saturated carbocycles. The number of rotatable bonds is 1. The molecule has 0 spiro atoms. The number of phenols is 1. The van der Waals surface area contributed by atoms with Crippen LogP contribution >= 0.6 is 0 Å². The topological polar surface area (TPSA) is 73.1 Å². The lowest BCUT2D eigenvalue weighted by atomic mass is 9.75. The highest BCUT2D eigenvalue weighted by molar-refractivity contribution is 6.00. The van der Waals surface area contributed by atoms with Crippen molar-refractivity contribution in [2.45, 2.75) is 38.1 Å². The highest BCUT2D eigenvalue weighted by atomic mass is 19.4. The molecule has 0 bridgehead atoms. The number of aromatic hydroxyl groups is 1. The van der Waals surface area contributed by atoms with Gasteiger partial charge in [0, 0.05) is 11.3 Å². The largest absolute Gasteiger partial charge is 0.508 e. The van der Waals surface area contributed by atoms with Crippen molar-refractivity contribution in [2.24, 2.45) is 16.9 Å². The van der Waals surface area contributed by atoms with Crippen LogP contribution in [0.1, 0.15) is 36.5 Å². The molecule has 1 fully saturated rings. The van der Waals surface area contributed by atoms with Crippen LogP contribution in [0.15, 0.2) is 29.4 Å². The van der Waals surface area contributed by atoms with Crippen LogP contribution in [0, 0.1) is 11.8 Å². The zero-order valence-electron chi connectivity index (χ0n) is 12.9. The smallest absolute Gasteiger partial charge is 0.439 e. The van der Waals surface area contributed by atoms with Crippen LogP contribution < -0.4 is 0 Å². The van der Waals surface area contributed by atoms with Gasteiger partial charge in [-0.3, -0.25) is 4.79 Å². The number of hydrogen-bond acceptors (Lipinski definition) is 4. The molecule has 0 unspecified atom stereocenters. The number of aliphatic hydroxyl groups is 1. The van der Waals surface area contributed by atoms with E-state index in [0.717, 1.165) is 0 Å². The van der Waals surface area contributed by atoms with Gasteiger partial charge in [0.1, 0.15) is 5.75 Å². The molecular weight excluding hydrogens is 325 g/mol. The molecule has 1 amide bonds. The maximum Gasteiger partial charge on any atom is 0.439 e. The Balaban J connectivity index is 2.06. The van der Waals surface area contributed by atoms with Crippen molar-refractivity contribution in [1.82, 2.24) is 5.01 Å². The monoisotopic (exact) mass is 342 g/mol. The van der Waals surface area contributed by atoms with Crippen LogP contribution in [0.4, 0.5) is 13.2 Å². The summed E-state index contributed by atoms with van der Waals surface area (Å²) in [5.74, 6) is -2.64. The Labute approximate surface area is 136 Å². The van der Waals surface area contributed by atoms with E-state index in [1.54, 1.807) is 6.92 Å². The number of hydrogen-bond donors (Lipinski definition) is 2. The molecule has 3 rings (SSSR count). The normalized spacial score (nSPS) is 30.0. The van der Waals surface area contributed by atoms with Gasteiger partial charge in [0.15, 0.2) is 0 Å². The third-order valence-electron chi connectivity index (χ3n) is 4.74. The van der Waals surface area contributed by atoms with E-state index in [1.165, 1.54) is 24.3 Å². The predicted molar refractivity (Wildman–Crippen MR) is 79.2 cm³/mol. The fraction of sp³-hybridized carbons (Fsp3) is 0.500. The van der Waals surface area contributed by atoms with E-state index in [2.05, 4.69) is 5.10 Å². The number of carbonyl (C=O) groups is 1. The quantitative estimate of drug-likeness (QED) is 0.824. The molecule has 8 heteroatoms. The van der Waals surface area contributed by atoms with Crippen LogP contribution in [-0.4, -0.2) is 38.7 Å². The standard InChI is InChI=1S/C16H17F3N2O3/c1-9-3-2-4-12-13(9)20-21(15(12,24)16(17,18)19)14(23)10-5-7-11(22)8-6-10/h5-9,12,22,24H,2-4H2,1H3/t9-,12-,15-/m1/s1. The Bertz CT molecular complexity index is 687. The van der Waals surface area contributed by atoms with E-state index in [-0.39, 0.29) is 34.4 Å². The Hall–Kier alpha value is -2.09. The molecule has 24 heavy (non-hydrogen) atoms. The first-order valence-electron chi connectivity index (χ1n) is 7.67. The zero-order chi connectivity index (χ0) is 17.7. The van der Waals surface area contributed by atoms with Crippen molar-refractivity contribution < 1.29 is 28.2 Å². The highest BCUT2D eigenvalue weighted by Crippen LogP contribution is 2.49. The number of nitrogens with zero attached hydrogens (tertiary/aromatic N) is 2. The van der Waals surface area contributed by atoms with E-state index < -0.39 is 23.7 Å². The Morgan fingerprint density at radius 1 is 1.29 bits per heavy atom. The molecule has 3 atom stereocenters. The number of hydrazone groups is 1. The van der Waals surface area contributed by atoms with E-state index in [4.69, 9.17) is 0 Å². The van der Waals surface area contributed by atoms with Crippen LogP contribution in [0.5, 0.6) is 5.75 Å². The summed E-state index contributed by atoms with van der Waals surface area (Å²) in [6.07, 6.45) is -3.71. The van der Waals surface area contributed by atoms with Crippen LogP contribution in [0.25, 0.3) is 0 Å². The summed E-state index contributed by atoms with van der Waals surface area (Å²) in [6.45, 7) is 1.75. The molecule has 130 valence electrons. The highest BCUT2D eigenvalue weighted by Gasteiger charge is 2.69. The molecule has 1 aromatic carbocycles. The summed E-state index contributed by atoms with van der Waals surface area (Å²) < 4.78 is 41.0. The number of alkyl halides is 3. The second-order valence-corrected chi connectivity index (χ2v) is 6.30. The first kappa shape index (κ1) is 16.8. The average Bonchev–Trinajstić information content (AvgIpc) is 2.83. The van der Waals surface area contributed by atoms with Gasteiger partial charge in [-0.1, -0.05) is 13.3 Å². The Morgan fingerprint density at radius 2 is 1.92 bits per heavy atom. The van der Waals surface area contributed by atoms with Crippen molar-refractivity contribution in [3.63, 3.8) is 0 Å². The van der Waals surface area contributed by atoms with Gasteiger partial charge in [0.2, 0.25) is 0 Å². The van der Waals surface area contributed by atoms with Gasteiger partial charge in [0.05, 0.1) is 5.92 Å². The van der Waals surface area contributed by atoms with E-state index in [1.807, 2.05) is 0 Å². The number of fused-ring (bicyclic) bond motifs is 1. The molecule has 2 aliphatic rings. The van der Waals surface area contributed by atoms with Crippen molar-refractivity contribution in [3.05, 3.63) is 29.8 Å². The summed E-state index contributed by atoms with van der Waals surface area (Å²) in [5.41, 5.74) is -3.22. The lowest BCUT2D eigenvalue weighted by Crippen LogP contribution is -2.61. The van der Waals surface area contributed by atoms with Crippen molar-refractivity contribution in [3.8, 4) is 5.75 Å². The Kier molecular flexibility index (Phi) is 3.82. The summed E-state index contributed by atoms with van der Waals surface area (Å²) in [5, 5.41) is 23.8. The summed E-state index contributed by atoms with van der Waals surface area (Å²) in [7, 11) is 0. The molecule has 0 aromatic heterocycles. The van der Waals surface area contributed by atoms with Crippen LogP contribution in [-0.2, 0) is 0 Å². The number of carbonyl (C=O) groups excluding carboxylic acids is 1. The number of halogens is 3. The van der Waals surface area contributed by atoms with E-state index in [0.29, 0.717) is 12.8 Å². The third kappa shape index (κ3) is 2.36. The zero-order valence-corrected chi connectivity index (χ0v) is 12.9. The minimum atomic E-state index is -5.04. The third-order valence-corrected chi connectivity index (χ3v) is 4.74. The molecule has 0 saturated heterocycles. The van der Waals surface area contributed by atoms with Gasteiger partial charge >= 0.3 is 6.18 Å². The average molecular weight is 342 g/mol. The van der Waals surface area contributed by atoms with Crippen LogP contribution in [0.2, 0.25) is 0 Å². The molecule has 2 N–H and O–H groups in total. The molecule has 1 aliphatic carbocycles. The van der Waals surface area contributed by atoms with Crippen molar-refractivity contribution >= 4 is 11.6 Å².